The number of hydrogen-bond donors (Lipinski definition) is 1. The molecular formula is C22H25N3NaO6S. The first-order valence-corrected chi connectivity index (χ1v) is 11.7. The van der Waals surface area contributed by atoms with Gasteiger partial charge in [-0.2, -0.15) is 4.98 Å². The molecule has 1 atom stereocenters. The molecule has 4 heterocycles. The average molecular weight is 483 g/mol. The fraction of sp³-hybridized carbons (Fsp3) is 0.455. The van der Waals surface area contributed by atoms with Crippen molar-refractivity contribution in [1.29, 1.82) is 0 Å². The molecule has 0 amide bonds. The van der Waals surface area contributed by atoms with Crippen LogP contribution in [0.1, 0.15) is 25.1 Å². The van der Waals surface area contributed by atoms with Crippen LogP contribution in [0.5, 0.6) is 17.2 Å². The van der Waals surface area contributed by atoms with E-state index < -0.39 is 17.0 Å². The molecule has 5 rings (SSSR count). The fourth-order valence-corrected chi connectivity index (χ4v) is 4.67. The van der Waals surface area contributed by atoms with Crippen LogP contribution in [0.15, 0.2) is 29.6 Å². The smallest absolute Gasteiger partial charge is 0.322 e. The van der Waals surface area contributed by atoms with Crippen molar-refractivity contribution in [1.82, 2.24) is 15.0 Å². The fourth-order valence-electron chi connectivity index (χ4n) is 3.57. The van der Waals surface area contributed by atoms with Crippen LogP contribution in [0.4, 0.5) is 0 Å². The zero-order chi connectivity index (χ0) is 22.3. The summed E-state index contributed by atoms with van der Waals surface area (Å²) in [6.45, 7) is 7.56. The third-order valence-corrected chi connectivity index (χ3v) is 6.66. The minimum atomic E-state index is -1.41. The standard InChI is InChI=1S/C22H25N3O6S.Na/c1-13-17(23-5-4-18(13)27-8-14-9-30-22(2,3)31-10-14)11-32(26)21-24-15-6-19-20(29-12-28-19)7-16(15)25-21;/h4-7,14H,8-12H2,1-3H3,(H,24,25);. The molecule has 0 spiro atoms. The summed E-state index contributed by atoms with van der Waals surface area (Å²) in [4.78, 5) is 12.0. The minimum absolute atomic E-state index is 0. The van der Waals surface area contributed by atoms with Crippen molar-refractivity contribution in [3.63, 3.8) is 0 Å². The number of hydrogen-bond acceptors (Lipinski definition) is 8. The number of nitrogens with one attached hydrogen (secondary N) is 1. The molecule has 11 heteroatoms. The van der Waals surface area contributed by atoms with Gasteiger partial charge >= 0.3 is 5.16 Å². The SMILES string of the molecule is Cc1c(OCC2COC(C)(C)OC2)ccnc1C[S+]([O-])c1nc2cc3c(cc2[nH]1)OCO3.[Na]. The van der Waals surface area contributed by atoms with Crippen molar-refractivity contribution in [3.05, 3.63) is 35.7 Å². The summed E-state index contributed by atoms with van der Waals surface area (Å²) in [7, 11) is 0. The maximum atomic E-state index is 13.0. The van der Waals surface area contributed by atoms with Crippen LogP contribution in [0.25, 0.3) is 11.0 Å². The number of fused-ring (bicyclic) bond motifs is 2. The van der Waals surface area contributed by atoms with E-state index in [1.165, 1.54) is 0 Å². The molecule has 1 N–H and O–H groups in total. The first kappa shape index (κ1) is 24.6. The Hall–Kier alpha value is -1.53. The van der Waals surface area contributed by atoms with Gasteiger partial charge in [0.2, 0.25) is 6.79 Å². The number of ether oxygens (including phenoxy) is 5. The molecule has 0 aliphatic carbocycles. The van der Waals surface area contributed by atoms with Gasteiger partial charge in [-0.05, 0) is 26.8 Å². The Morgan fingerprint density at radius 2 is 1.94 bits per heavy atom. The van der Waals surface area contributed by atoms with E-state index in [1.54, 1.807) is 12.3 Å². The Kier molecular flexibility index (Phi) is 7.44. The van der Waals surface area contributed by atoms with Gasteiger partial charge < -0.3 is 28.2 Å². The van der Waals surface area contributed by atoms with E-state index in [4.69, 9.17) is 23.7 Å². The van der Waals surface area contributed by atoms with Gasteiger partial charge in [0, 0.05) is 70.5 Å². The Labute approximate surface area is 217 Å². The van der Waals surface area contributed by atoms with Gasteiger partial charge in [0.15, 0.2) is 23.0 Å². The predicted octanol–water partition coefficient (Wildman–Crippen LogP) is 2.70. The first-order chi connectivity index (χ1) is 15.4. The summed E-state index contributed by atoms with van der Waals surface area (Å²) in [5, 5.41) is 0.385. The van der Waals surface area contributed by atoms with Crippen LogP contribution in [0, 0.1) is 12.8 Å². The third-order valence-electron chi connectivity index (χ3n) is 5.50. The summed E-state index contributed by atoms with van der Waals surface area (Å²) in [6.07, 6.45) is 1.67. The third kappa shape index (κ3) is 5.43. The number of aromatic amines is 1. The van der Waals surface area contributed by atoms with Crippen LogP contribution < -0.4 is 14.2 Å². The summed E-state index contributed by atoms with van der Waals surface area (Å²) >= 11 is -1.41. The van der Waals surface area contributed by atoms with Crippen LogP contribution >= 0.6 is 0 Å². The summed E-state index contributed by atoms with van der Waals surface area (Å²) in [6, 6.07) is 5.41. The van der Waals surface area contributed by atoms with E-state index >= 15 is 0 Å². The van der Waals surface area contributed by atoms with Gasteiger partial charge in [0.05, 0.1) is 36.5 Å². The van der Waals surface area contributed by atoms with E-state index in [0.717, 1.165) is 11.1 Å². The van der Waals surface area contributed by atoms with Gasteiger partial charge in [-0.15, -0.1) is 0 Å². The second kappa shape index (κ2) is 9.99. The van der Waals surface area contributed by atoms with Crippen molar-refractivity contribution in [2.24, 2.45) is 5.92 Å². The van der Waals surface area contributed by atoms with Crippen molar-refractivity contribution in [2.45, 2.75) is 37.5 Å². The Bertz CT molecular complexity index is 1090. The zero-order valence-electron chi connectivity index (χ0n) is 19.2. The number of imidazole rings is 1. The monoisotopic (exact) mass is 482 g/mol. The molecule has 171 valence electrons. The topological polar surface area (TPSA) is 111 Å². The van der Waals surface area contributed by atoms with Gasteiger partial charge in [-0.1, -0.05) is 0 Å². The maximum absolute atomic E-state index is 13.0. The molecule has 9 nitrogen and oxygen atoms in total. The number of aromatic nitrogens is 3. The molecule has 1 saturated heterocycles. The Morgan fingerprint density at radius 3 is 2.70 bits per heavy atom. The summed E-state index contributed by atoms with van der Waals surface area (Å²) < 4.78 is 41.2. The molecule has 2 aliphatic rings. The second-order valence-electron chi connectivity index (χ2n) is 8.33. The van der Waals surface area contributed by atoms with Crippen molar-refractivity contribution in [2.75, 3.05) is 26.6 Å². The molecule has 1 aromatic carbocycles. The van der Waals surface area contributed by atoms with E-state index in [2.05, 4.69) is 15.0 Å². The van der Waals surface area contributed by atoms with E-state index in [9.17, 15) is 4.55 Å². The van der Waals surface area contributed by atoms with Crippen LogP contribution in [0.3, 0.4) is 0 Å². The Morgan fingerprint density at radius 1 is 1.21 bits per heavy atom. The van der Waals surface area contributed by atoms with E-state index in [0.29, 0.717) is 53.4 Å². The molecule has 1 unspecified atom stereocenters. The van der Waals surface area contributed by atoms with Gasteiger partial charge in [0.1, 0.15) is 5.75 Å². The molecule has 1 fully saturated rings. The molecule has 2 aromatic heterocycles. The number of nitrogens with zero attached hydrogens (tertiary/aromatic N) is 2. The number of benzene rings is 1. The number of pyridine rings is 1. The molecule has 0 saturated carbocycles. The zero-order valence-corrected chi connectivity index (χ0v) is 22.0. The molecule has 33 heavy (non-hydrogen) atoms. The molecule has 2 aliphatic heterocycles. The van der Waals surface area contributed by atoms with E-state index in [1.807, 2.05) is 32.9 Å². The molecule has 1 radical (unpaired) electrons. The largest absolute Gasteiger partial charge is 0.609 e. The maximum Gasteiger partial charge on any atom is 0.322 e. The minimum Gasteiger partial charge on any atom is -0.609 e. The van der Waals surface area contributed by atoms with Crippen LogP contribution in [0.2, 0.25) is 0 Å². The van der Waals surface area contributed by atoms with Crippen LogP contribution in [-0.4, -0.2) is 81.5 Å². The molecular weight excluding hydrogens is 457 g/mol. The predicted molar refractivity (Wildman–Crippen MR) is 122 cm³/mol. The first-order valence-electron chi connectivity index (χ1n) is 10.4. The normalized spacial score (nSPS) is 18.2. The van der Waals surface area contributed by atoms with Crippen molar-refractivity contribution >= 4 is 51.8 Å². The van der Waals surface area contributed by atoms with Crippen LogP contribution in [-0.2, 0) is 26.4 Å². The van der Waals surface area contributed by atoms with Crippen molar-refractivity contribution < 1.29 is 28.2 Å². The summed E-state index contributed by atoms with van der Waals surface area (Å²) in [5.74, 6) is 1.83. The number of H-pyrrole nitrogens is 1. The van der Waals surface area contributed by atoms with Gasteiger partial charge in [-0.3, -0.25) is 9.97 Å². The van der Waals surface area contributed by atoms with E-state index in [-0.39, 0.29) is 48.0 Å². The molecule has 3 aromatic rings. The van der Waals surface area contributed by atoms with Crippen molar-refractivity contribution in [3.8, 4) is 17.2 Å². The Balaban J connectivity index is 0.00000259. The second-order valence-corrected chi connectivity index (χ2v) is 9.70. The molecule has 0 bridgehead atoms. The van der Waals surface area contributed by atoms with Gasteiger partial charge in [0.25, 0.3) is 0 Å². The quantitative estimate of drug-likeness (QED) is 0.422. The number of rotatable bonds is 6. The van der Waals surface area contributed by atoms with Gasteiger partial charge in [-0.25, -0.2) is 0 Å². The average Bonchev–Trinajstić information content (AvgIpc) is 3.39. The summed E-state index contributed by atoms with van der Waals surface area (Å²) in [5.41, 5.74) is 2.99.